The third kappa shape index (κ3) is 2.52. The second kappa shape index (κ2) is 5.56. The molecule has 21 heavy (non-hydrogen) atoms. The van der Waals surface area contributed by atoms with Gasteiger partial charge in [-0.05, 0) is 11.5 Å². The van der Waals surface area contributed by atoms with E-state index >= 15 is 0 Å². The van der Waals surface area contributed by atoms with E-state index in [1.165, 1.54) is 0 Å². The Hall–Kier alpha value is -2.99. The number of rotatable bonds is 3. The minimum atomic E-state index is -0.119. The van der Waals surface area contributed by atoms with Crippen LogP contribution in [0.15, 0.2) is 60.7 Å². The topological polar surface area (TPSA) is 53.8 Å². The highest BCUT2D eigenvalue weighted by molar-refractivity contribution is 6.15. The van der Waals surface area contributed by atoms with Gasteiger partial charge in [-0.3, -0.25) is 4.79 Å². The number of benzene rings is 2. The molecular weight excluding hydrogens is 260 g/mol. The number of carbonyl (C=O) groups is 1. The molecule has 0 fully saturated rings. The molecule has 0 aliphatic rings. The highest BCUT2D eigenvalue weighted by Crippen LogP contribution is 2.21. The van der Waals surface area contributed by atoms with Gasteiger partial charge in [-0.15, -0.1) is 0 Å². The number of fused-ring (bicyclic) bond motifs is 1. The summed E-state index contributed by atoms with van der Waals surface area (Å²) < 4.78 is 0. The van der Waals surface area contributed by atoms with Crippen LogP contribution in [0, 0.1) is 11.3 Å². The first-order valence-electron chi connectivity index (χ1n) is 6.65. The Balaban J connectivity index is 2.21. The number of nitriles is 1. The molecule has 0 spiro atoms. The predicted molar refractivity (Wildman–Crippen MR) is 80.9 cm³/mol. The van der Waals surface area contributed by atoms with Crippen molar-refractivity contribution in [1.82, 2.24) is 4.98 Å². The van der Waals surface area contributed by atoms with Gasteiger partial charge in [0.05, 0.1) is 18.2 Å². The van der Waals surface area contributed by atoms with E-state index in [9.17, 15) is 4.79 Å². The van der Waals surface area contributed by atoms with Gasteiger partial charge in [0.1, 0.15) is 5.69 Å². The van der Waals surface area contributed by atoms with Crippen LogP contribution >= 0.6 is 0 Å². The van der Waals surface area contributed by atoms with Crippen LogP contribution in [-0.2, 0) is 6.42 Å². The van der Waals surface area contributed by atoms with Gasteiger partial charge in [0.2, 0.25) is 5.78 Å². The highest BCUT2D eigenvalue weighted by atomic mass is 16.1. The zero-order valence-corrected chi connectivity index (χ0v) is 11.3. The fourth-order valence-corrected chi connectivity index (χ4v) is 2.33. The Morgan fingerprint density at radius 3 is 2.52 bits per heavy atom. The van der Waals surface area contributed by atoms with Crippen molar-refractivity contribution in [3.63, 3.8) is 0 Å². The maximum Gasteiger partial charge on any atom is 0.211 e. The number of pyridine rings is 1. The van der Waals surface area contributed by atoms with Crippen LogP contribution in [0.5, 0.6) is 0 Å². The van der Waals surface area contributed by atoms with Gasteiger partial charge in [0, 0.05) is 10.9 Å². The number of hydrogen-bond donors (Lipinski definition) is 0. The summed E-state index contributed by atoms with van der Waals surface area (Å²) in [5.74, 6) is -0.119. The first-order valence-corrected chi connectivity index (χ1v) is 6.65. The van der Waals surface area contributed by atoms with E-state index in [1.54, 1.807) is 12.1 Å². The molecule has 3 nitrogen and oxygen atoms in total. The van der Waals surface area contributed by atoms with Gasteiger partial charge in [0.25, 0.3) is 0 Å². The maximum absolute atomic E-state index is 12.7. The molecule has 0 bridgehead atoms. The Kier molecular flexibility index (Phi) is 3.44. The van der Waals surface area contributed by atoms with E-state index in [4.69, 9.17) is 5.26 Å². The average molecular weight is 272 g/mol. The largest absolute Gasteiger partial charge is 0.287 e. The Labute approximate surface area is 122 Å². The second-order valence-electron chi connectivity index (χ2n) is 4.71. The van der Waals surface area contributed by atoms with Gasteiger partial charge in [0.15, 0.2) is 0 Å². The maximum atomic E-state index is 12.7. The molecule has 0 radical (unpaired) electrons. The Morgan fingerprint density at radius 1 is 1.05 bits per heavy atom. The zero-order valence-electron chi connectivity index (χ0n) is 11.3. The fraction of sp³-hybridized carbons (Fsp3) is 0.0556. The molecule has 3 rings (SSSR count). The molecule has 3 heteroatoms. The molecule has 0 N–H and O–H groups in total. The van der Waals surface area contributed by atoms with Crippen molar-refractivity contribution in [2.24, 2.45) is 0 Å². The van der Waals surface area contributed by atoms with Crippen LogP contribution in [0.1, 0.15) is 21.7 Å². The van der Waals surface area contributed by atoms with Crippen molar-refractivity contribution in [1.29, 1.82) is 5.26 Å². The smallest absolute Gasteiger partial charge is 0.211 e. The number of ketones is 1. The lowest BCUT2D eigenvalue weighted by Crippen LogP contribution is -2.07. The summed E-state index contributed by atoms with van der Waals surface area (Å²) in [6.07, 6.45) is 0.194. The molecule has 0 aliphatic heterocycles. The molecule has 0 atom stereocenters. The van der Waals surface area contributed by atoms with Crippen LogP contribution in [0.2, 0.25) is 0 Å². The van der Waals surface area contributed by atoms with Gasteiger partial charge >= 0.3 is 0 Å². The van der Waals surface area contributed by atoms with Crippen LogP contribution in [0.4, 0.5) is 0 Å². The number of nitrogens with zero attached hydrogens (tertiary/aromatic N) is 2. The van der Waals surface area contributed by atoms with Crippen LogP contribution < -0.4 is 0 Å². The lowest BCUT2D eigenvalue weighted by atomic mass is 10.0. The lowest BCUT2D eigenvalue weighted by molar-refractivity contribution is 0.103. The number of carbonyl (C=O) groups excluding carboxylic acids is 1. The fourth-order valence-electron chi connectivity index (χ4n) is 2.33. The van der Waals surface area contributed by atoms with Crippen molar-refractivity contribution < 1.29 is 4.79 Å². The summed E-state index contributed by atoms with van der Waals surface area (Å²) in [6, 6.07) is 20.6. The molecule has 0 saturated carbocycles. The van der Waals surface area contributed by atoms with Crippen LogP contribution in [0.3, 0.4) is 0 Å². The second-order valence-corrected chi connectivity index (χ2v) is 4.71. The summed E-state index contributed by atoms with van der Waals surface area (Å²) in [5, 5.41) is 10.6. The lowest BCUT2D eigenvalue weighted by Gasteiger charge is -2.07. The van der Waals surface area contributed by atoms with Crippen molar-refractivity contribution in [2.45, 2.75) is 6.42 Å². The molecule has 0 aliphatic carbocycles. The quantitative estimate of drug-likeness (QED) is 0.685. The average Bonchev–Trinajstić information content (AvgIpc) is 2.54. The predicted octanol–water partition coefficient (Wildman–Crippen LogP) is 3.53. The summed E-state index contributed by atoms with van der Waals surface area (Å²) in [6.45, 7) is 0. The van der Waals surface area contributed by atoms with Gasteiger partial charge in [-0.2, -0.15) is 5.26 Å². The van der Waals surface area contributed by atoms with Crippen LogP contribution in [0.25, 0.3) is 10.8 Å². The summed E-state index contributed by atoms with van der Waals surface area (Å²) in [4.78, 5) is 17.1. The van der Waals surface area contributed by atoms with Crippen molar-refractivity contribution in [2.75, 3.05) is 0 Å². The van der Waals surface area contributed by atoms with E-state index < -0.39 is 0 Å². The van der Waals surface area contributed by atoms with Crippen LogP contribution in [-0.4, -0.2) is 10.8 Å². The first-order chi connectivity index (χ1) is 10.3. The molecular formula is C18H12N2O. The SMILES string of the molecule is N#CCc1cc2ccccc2c(C(=O)c2ccccc2)n1. The standard InChI is InChI=1S/C18H12N2O/c19-11-10-15-12-14-8-4-5-9-16(14)17(20-15)18(21)13-6-2-1-3-7-13/h1-9,12H,10H2. The van der Waals surface area contributed by atoms with Crippen molar-refractivity contribution in [3.05, 3.63) is 77.6 Å². The van der Waals surface area contributed by atoms with Gasteiger partial charge in [-0.1, -0.05) is 54.6 Å². The molecule has 0 unspecified atom stereocenters. The summed E-state index contributed by atoms with van der Waals surface area (Å²) in [7, 11) is 0. The minimum Gasteiger partial charge on any atom is -0.287 e. The molecule has 3 aromatic rings. The van der Waals surface area contributed by atoms with E-state index in [0.29, 0.717) is 17.0 Å². The molecule has 1 aromatic heterocycles. The van der Waals surface area contributed by atoms with E-state index in [-0.39, 0.29) is 12.2 Å². The van der Waals surface area contributed by atoms with E-state index in [2.05, 4.69) is 11.1 Å². The van der Waals surface area contributed by atoms with Crippen molar-refractivity contribution >= 4 is 16.6 Å². The third-order valence-corrected chi connectivity index (χ3v) is 3.30. The summed E-state index contributed by atoms with van der Waals surface area (Å²) in [5.41, 5.74) is 1.63. The molecule has 2 aromatic carbocycles. The number of hydrogen-bond acceptors (Lipinski definition) is 3. The zero-order chi connectivity index (χ0) is 14.7. The van der Waals surface area contributed by atoms with Crippen molar-refractivity contribution in [3.8, 4) is 6.07 Å². The highest BCUT2D eigenvalue weighted by Gasteiger charge is 2.15. The first kappa shape index (κ1) is 13.0. The minimum absolute atomic E-state index is 0.119. The van der Waals surface area contributed by atoms with Gasteiger partial charge < -0.3 is 0 Å². The van der Waals surface area contributed by atoms with E-state index in [1.807, 2.05) is 48.5 Å². The third-order valence-electron chi connectivity index (χ3n) is 3.30. The molecule has 0 amide bonds. The van der Waals surface area contributed by atoms with Gasteiger partial charge in [-0.25, -0.2) is 4.98 Å². The summed E-state index contributed by atoms with van der Waals surface area (Å²) >= 11 is 0. The normalized spacial score (nSPS) is 10.2. The Morgan fingerprint density at radius 2 is 1.76 bits per heavy atom. The monoisotopic (exact) mass is 272 g/mol. The number of aromatic nitrogens is 1. The molecule has 0 saturated heterocycles. The molecule has 1 heterocycles. The molecule has 100 valence electrons. The van der Waals surface area contributed by atoms with E-state index in [0.717, 1.165) is 10.8 Å². The Bertz CT molecular complexity index is 848.